The van der Waals surface area contributed by atoms with E-state index in [1.54, 1.807) is 12.1 Å². The van der Waals surface area contributed by atoms with E-state index >= 15 is 0 Å². The van der Waals surface area contributed by atoms with Crippen molar-refractivity contribution in [3.05, 3.63) is 24.3 Å². The van der Waals surface area contributed by atoms with E-state index < -0.39 is 10.0 Å². The highest BCUT2D eigenvalue weighted by Gasteiger charge is 2.16. The molecular formula is C10H15N3O3S. The van der Waals surface area contributed by atoms with Gasteiger partial charge in [-0.2, -0.15) is 0 Å². The van der Waals surface area contributed by atoms with Crippen molar-refractivity contribution in [3.8, 4) is 0 Å². The highest BCUT2D eigenvalue weighted by Crippen LogP contribution is 2.16. The minimum Gasteiger partial charge on any atom is -0.398 e. The number of amides is 1. The number of nitrogen functional groups attached to an aromatic ring is 1. The van der Waals surface area contributed by atoms with Crippen LogP contribution in [0.2, 0.25) is 0 Å². The molecule has 1 amide bonds. The topological polar surface area (TPSA) is 101 Å². The van der Waals surface area contributed by atoms with Gasteiger partial charge in [0.15, 0.2) is 0 Å². The second-order valence-corrected chi connectivity index (χ2v) is 5.09. The zero-order valence-corrected chi connectivity index (χ0v) is 10.3. The summed E-state index contributed by atoms with van der Waals surface area (Å²) in [6.45, 7) is 0.0380. The molecule has 0 aromatic heterocycles. The largest absolute Gasteiger partial charge is 0.398 e. The van der Waals surface area contributed by atoms with E-state index in [1.165, 1.54) is 19.2 Å². The van der Waals surface area contributed by atoms with Crippen LogP contribution in [-0.2, 0) is 14.8 Å². The molecule has 7 heteroatoms. The van der Waals surface area contributed by atoms with Gasteiger partial charge in [0.05, 0.1) is 5.69 Å². The van der Waals surface area contributed by atoms with Crippen molar-refractivity contribution in [1.82, 2.24) is 10.0 Å². The number of benzene rings is 1. The lowest BCUT2D eigenvalue weighted by Crippen LogP contribution is -2.29. The fourth-order valence-corrected chi connectivity index (χ4v) is 2.39. The normalized spacial score (nSPS) is 11.1. The first-order chi connectivity index (χ1) is 7.97. The zero-order chi connectivity index (χ0) is 12.9. The van der Waals surface area contributed by atoms with Gasteiger partial charge in [0.25, 0.3) is 0 Å². The summed E-state index contributed by atoms with van der Waals surface area (Å²) in [5.74, 6) is -0.228. The fourth-order valence-electron chi connectivity index (χ4n) is 1.23. The van der Waals surface area contributed by atoms with E-state index in [9.17, 15) is 13.2 Å². The molecule has 0 aliphatic carbocycles. The van der Waals surface area contributed by atoms with Crippen LogP contribution in [0.5, 0.6) is 0 Å². The molecule has 94 valence electrons. The van der Waals surface area contributed by atoms with Crippen LogP contribution < -0.4 is 15.8 Å². The summed E-state index contributed by atoms with van der Waals surface area (Å²) >= 11 is 0. The Morgan fingerprint density at radius 3 is 2.59 bits per heavy atom. The van der Waals surface area contributed by atoms with E-state index in [1.807, 2.05) is 0 Å². The molecule has 0 radical (unpaired) electrons. The summed E-state index contributed by atoms with van der Waals surface area (Å²) < 4.78 is 25.9. The van der Waals surface area contributed by atoms with Gasteiger partial charge in [-0.15, -0.1) is 0 Å². The minimum atomic E-state index is -3.65. The Morgan fingerprint density at radius 1 is 1.35 bits per heavy atom. The monoisotopic (exact) mass is 257 g/mol. The number of rotatable bonds is 5. The molecule has 0 saturated carbocycles. The maximum Gasteiger partial charge on any atom is 0.242 e. The Balaban J connectivity index is 2.70. The number of carbonyl (C=O) groups is 1. The Labute approximate surface area is 100 Å². The van der Waals surface area contributed by atoms with Crippen molar-refractivity contribution < 1.29 is 13.2 Å². The van der Waals surface area contributed by atoms with Crippen molar-refractivity contribution in [2.75, 3.05) is 19.3 Å². The number of hydrogen-bond donors (Lipinski definition) is 3. The zero-order valence-electron chi connectivity index (χ0n) is 9.43. The van der Waals surface area contributed by atoms with Crippen molar-refractivity contribution in [2.45, 2.75) is 11.3 Å². The first-order valence-electron chi connectivity index (χ1n) is 5.02. The van der Waals surface area contributed by atoms with Crippen molar-refractivity contribution in [2.24, 2.45) is 0 Å². The van der Waals surface area contributed by atoms with Crippen LogP contribution in [0.15, 0.2) is 29.2 Å². The lowest BCUT2D eigenvalue weighted by Gasteiger charge is -2.08. The summed E-state index contributed by atoms with van der Waals surface area (Å²) in [5.41, 5.74) is 5.75. The number of hydrogen-bond acceptors (Lipinski definition) is 4. The van der Waals surface area contributed by atoms with Gasteiger partial charge in [0.1, 0.15) is 4.90 Å². The number of carbonyl (C=O) groups excluding carboxylic acids is 1. The molecule has 0 aliphatic heterocycles. The Kier molecular flexibility index (Phi) is 4.47. The van der Waals surface area contributed by atoms with Gasteiger partial charge in [-0.05, 0) is 12.1 Å². The molecule has 0 heterocycles. The number of nitrogens with one attached hydrogen (secondary N) is 2. The highest BCUT2D eigenvalue weighted by atomic mass is 32.2. The third-order valence-electron chi connectivity index (χ3n) is 2.13. The van der Waals surface area contributed by atoms with E-state index in [4.69, 9.17) is 5.73 Å². The van der Waals surface area contributed by atoms with Crippen LogP contribution >= 0.6 is 0 Å². The maximum absolute atomic E-state index is 11.8. The molecule has 4 N–H and O–H groups in total. The van der Waals surface area contributed by atoms with Crippen LogP contribution in [-0.4, -0.2) is 27.9 Å². The first-order valence-corrected chi connectivity index (χ1v) is 6.50. The molecule has 6 nitrogen and oxygen atoms in total. The second-order valence-electron chi connectivity index (χ2n) is 3.36. The van der Waals surface area contributed by atoms with E-state index in [2.05, 4.69) is 10.0 Å². The quantitative estimate of drug-likeness (QED) is 0.629. The minimum absolute atomic E-state index is 0.0249. The van der Waals surface area contributed by atoms with Gasteiger partial charge in [-0.25, -0.2) is 13.1 Å². The van der Waals surface area contributed by atoms with Crippen molar-refractivity contribution in [3.63, 3.8) is 0 Å². The smallest absolute Gasteiger partial charge is 0.242 e. The Hall–Kier alpha value is -1.60. The van der Waals surface area contributed by atoms with Gasteiger partial charge < -0.3 is 11.1 Å². The predicted octanol–water partition coefficient (Wildman–Crippen LogP) is -0.317. The molecule has 0 saturated heterocycles. The molecule has 17 heavy (non-hydrogen) atoms. The van der Waals surface area contributed by atoms with E-state index in [0.29, 0.717) is 0 Å². The summed E-state index contributed by atoms with van der Waals surface area (Å²) in [7, 11) is -2.16. The van der Waals surface area contributed by atoms with Crippen LogP contribution in [0.4, 0.5) is 5.69 Å². The van der Waals surface area contributed by atoms with Crippen LogP contribution in [0.3, 0.4) is 0 Å². The Bertz CT molecular complexity index is 499. The lowest BCUT2D eigenvalue weighted by atomic mass is 10.3. The Morgan fingerprint density at radius 2 is 2.00 bits per heavy atom. The van der Waals surface area contributed by atoms with Crippen LogP contribution in [0.1, 0.15) is 6.42 Å². The molecule has 1 aromatic carbocycles. The number of anilines is 1. The average Bonchev–Trinajstić information content (AvgIpc) is 2.28. The van der Waals surface area contributed by atoms with Gasteiger partial charge in [-0.1, -0.05) is 12.1 Å². The maximum atomic E-state index is 11.8. The standard InChI is InChI=1S/C10H15N3O3S/c1-12-10(14)6-7-13-17(15,16)9-5-3-2-4-8(9)11/h2-5,13H,6-7,11H2,1H3,(H,12,14). The van der Waals surface area contributed by atoms with E-state index in [0.717, 1.165) is 0 Å². The lowest BCUT2D eigenvalue weighted by molar-refractivity contribution is -0.120. The molecular weight excluding hydrogens is 242 g/mol. The van der Waals surface area contributed by atoms with E-state index in [-0.39, 0.29) is 29.5 Å². The van der Waals surface area contributed by atoms with Crippen molar-refractivity contribution in [1.29, 1.82) is 0 Å². The first kappa shape index (κ1) is 13.5. The van der Waals surface area contributed by atoms with Crippen LogP contribution in [0, 0.1) is 0 Å². The number of sulfonamides is 1. The predicted molar refractivity (Wildman–Crippen MR) is 64.7 cm³/mol. The molecule has 0 atom stereocenters. The fraction of sp³-hybridized carbons (Fsp3) is 0.300. The number of nitrogens with two attached hydrogens (primary N) is 1. The molecule has 0 unspecified atom stereocenters. The summed E-state index contributed by atoms with van der Waals surface area (Å²) in [5, 5.41) is 2.40. The molecule has 1 rings (SSSR count). The molecule has 0 fully saturated rings. The SMILES string of the molecule is CNC(=O)CCNS(=O)(=O)c1ccccc1N. The summed E-state index contributed by atoms with van der Waals surface area (Å²) in [6, 6.07) is 6.16. The van der Waals surface area contributed by atoms with Gasteiger partial charge in [0.2, 0.25) is 15.9 Å². The van der Waals surface area contributed by atoms with Gasteiger partial charge in [0, 0.05) is 20.0 Å². The third-order valence-corrected chi connectivity index (χ3v) is 3.67. The van der Waals surface area contributed by atoms with Crippen LogP contribution in [0.25, 0.3) is 0 Å². The summed E-state index contributed by atoms with van der Waals surface area (Å²) in [4.78, 5) is 11.0. The molecule has 1 aromatic rings. The second kappa shape index (κ2) is 5.65. The summed E-state index contributed by atoms with van der Waals surface area (Å²) in [6.07, 6.45) is 0.0858. The molecule has 0 spiro atoms. The number of para-hydroxylation sites is 1. The average molecular weight is 257 g/mol. The highest BCUT2D eigenvalue weighted by molar-refractivity contribution is 7.89. The third kappa shape index (κ3) is 3.72. The van der Waals surface area contributed by atoms with Gasteiger partial charge >= 0.3 is 0 Å². The van der Waals surface area contributed by atoms with Crippen molar-refractivity contribution >= 4 is 21.6 Å². The molecule has 0 bridgehead atoms. The van der Waals surface area contributed by atoms with Gasteiger partial charge in [-0.3, -0.25) is 4.79 Å². The molecule has 0 aliphatic rings.